The normalized spacial score (nSPS) is 17.5. The molecule has 2 aliphatic rings. The standard InChI is InChI=1S/C22H28N2O2/c1-16-17(2)23-26-22(16)24-11-8-19(9-12-24)14-20-4-3-5-21(15-20)25-13-10-18-6-7-18/h3-5,14-15,18H,6-13H2,1-2H3. The van der Waals surface area contributed by atoms with Gasteiger partial charge in [0.05, 0.1) is 12.3 Å². The molecule has 1 aliphatic carbocycles. The highest BCUT2D eigenvalue weighted by Crippen LogP contribution is 2.32. The lowest BCUT2D eigenvalue weighted by molar-refractivity contribution is 0.302. The highest BCUT2D eigenvalue weighted by atomic mass is 16.5. The van der Waals surface area contributed by atoms with Gasteiger partial charge in [-0.25, -0.2) is 0 Å². The summed E-state index contributed by atoms with van der Waals surface area (Å²) >= 11 is 0. The van der Waals surface area contributed by atoms with Crippen LogP contribution in [-0.4, -0.2) is 24.9 Å². The fourth-order valence-corrected chi connectivity index (χ4v) is 3.52. The number of aryl methyl sites for hydroxylation is 1. The number of aromatic nitrogens is 1. The maximum absolute atomic E-state index is 5.92. The Morgan fingerprint density at radius 3 is 2.73 bits per heavy atom. The molecule has 2 heterocycles. The molecule has 138 valence electrons. The molecule has 1 aromatic carbocycles. The molecule has 1 saturated carbocycles. The second kappa shape index (κ2) is 7.56. The van der Waals surface area contributed by atoms with E-state index in [1.54, 1.807) is 0 Å². The first-order valence-electron chi connectivity index (χ1n) is 9.79. The van der Waals surface area contributed by atoms with E-state index in [0.717, 1.165) is 61.3 Å². The van der Waals surface area contributed by atoms with E-state index in [1.165, 1.54) is 30.4 Å². The van der Waals surface area contributed by atoms with Gasteiger partial charge in [0.2, 0.25) is 5.88 Å². The van der Waals surface area contributed by atoms with Gasteiger partial charge in [-0.2, -0.15) is 0 Å². The maximum Gasteiger partial charge on any atom is 0.230 e. The molecule has 1 aromatic heterocycles. The Bertz CT molecular complexity index is 779. The number of nitrogens with zero attached hydrogens (tertiary/aromatic N) is 2. The second-order valence-electron chi connectivity index (χ2n) is 7.64. The number of ether oxygens (including phenoxy) is 1. The molecule has 2 aromatic rings. The minimum atomic E-state index is 0.843. The van der Waals surface area contributed by atoms with Crippen LogP contribution < -0.4 is 9.64 Å². The molecule has 4 rings (SSSR count). The number of benzene rings is 1. The van der Waals surface area contributed by atoms with E-state index in [4.69, 9.17) is 9.26 Å². The Morgan fingerprint density at radius 2 is 2.04 bits per heavy atom. The number of anilines is 1. The molecule has 1 saturated heterocycles. The summed E-state index contributed by atoms with van der Waals surface area (Å²) in [5.41, 5.74) is 4.88. The van der Waals surface area contributed by atoms with Crippen LogP contribution in [0.15, 0.2) is 34.4 Å². The summed E-state index contributed by atoms with van der Waals surface area (Å²) < 4.78 is 11.4. The van der Waals surface area contributed by atoms with Crippen LogP contribution in [0, 0.1) is 19.8 Å². The van der Waals surface area contributed by atoms with E-state index in [9.17, 15) is 0 Å². The molecule has 0 amide bonds. The van der Waals surface area contributed by atoms with Crippen molar-refractivity contribution >= 4 is 12.0 Å². The van der Waals surface area contributed by atoms with Gasteiger partial charge in [0.25, 0.3) is 0 Å². The van der Waals surface area contributed by atoms with E-state index in [1.807, 2.05) is 6.92 Å². The zero-order valence-electron chi connectivity index (χ0n) is 15.8. The summed E-state index contributed by atoms with van der Waals surface area (Å²) in [6, 6.07) is 8.48. The van der Waals surface area contributed by atoms with E-state index in [2.05, 4.69) is 47.3 Å². The molecule has 1 aliphatic heterocycles. The van der Waals surface area contributed by atoms with Crippen molar-refractivity contribution in [2.75, 3.05) is 24.6 Å². The smallest absolute Gasteiger partial charge is 0.230 e. The SMILES string of the molecule is Cc1noc(N2CCC(=Cc3cccc(OCCC4CC4)c3)CC2)c1C. The van der Waals surface area contributed by atoms with E-state index in [0.29, 0.717) is 0 Å². The third-order valence-electron chi connectivity index (χ3n) is 5.55. The van der Waals surface area contributed by atoms with Crippen LogP contribution in [0.5, 0.6) is 5.75 Å². The molecule has 4 heteroatoms. The van der Waals surface area contributed by atoms with Crippen LogP contribution in [0.25, 0.3) is 6.08 Å². The Morgan fingerprint density at radius 1 is 1.23 bits per heavy atom. The lowest BCUT2D eigenvalue weighted by atomic mass is 10.0. The molecule has 0 spiro atoms. The van der Waals surface area contributed by atoms with Crippen molar-refractivity contribution in [1.82, 2.24) is 5.16 Å². The van der Waals surface area contributed by atoms with Gasteiger partial charge < -0.3 is 14.2 Å². The maximum atomic E-state index is 5.92. The first-order valence-corrected chi connectivity index (χ1v) is 9.79. The minimum absolute atomic E-state index is 0.843. The largest absolute Gasteiger partial charge is 0.494 e. The lowest BCUT2D eigenvalue weighted by Gasteiger charge is -2.28. The molecule has 2 fully saturated rings. The molecule has 0 unspecified atom stereocenters. The number of hydrogen-bond acceptors (Lipinski definition) is 4. The van der Waals surface area contributed by atoms with Gasteiger partial charge >= 0.3 is 0 Å². The summed E-state index contributed by atoms with van der Waals surface area (Å²) in [5.74, 6) is 2.85. The Kier molecular flexibility index (Phi) is 5.00. The van der Waals surface area contributed by atoms with Crippen LogP contribution in [0.1, 0.15) is 48.9 Å². The van der Waals surface area contributed by atoms with Crippen LogP contribution in [0.2, 0.25) is 0 Å². The van der Waals surface area contributed by atoms with Gasteiger partial charge in [-0.05, 0) is 56.7 Å². The summed E-state index contributed by atoms with van der Waals surface area (Å²) in [7, 11) is 0. The molecule has 0 bridgehead atoms. The Labute approximate surface area is 155 Å². The van der Waals surface area contributed by atoms with Gasteiger partial charge in [-0.1, -0.05) is 41.8 Å². The Balaban J connectivity index is 1.34. The lowest BCUT2D eigenvalue weighted by Crippen LogP contribution is -2.30. The monoisotopic (exact) mass is 352 g/mol. The average molecular weight is 352 g/mol. The van der Waals surface area contributed by atoms with Gasteiger partial charge in [-0.3, -0.25) is 0 Å². The third-order valence-corrected chi connectivity index (χ3v) is 5.55. The van der Waals surface area contributed by atoms with Crippen molar-refractivity contribution in [3.63, 3.8) is 0 Å². The first kappa shape index (κ1) is 17.2. The Hall–Kier alpha value is -2.23. The predicted molar refractivity (Wildman–Crippen MR) is 105 cm³/mol. The fraction of sp³-hybridized carbons (Fsp3) is 0.500. The van der Waals surface area contributed by atoms with Crippen molar-refractivity contribution in [3.8, 4) is 5.75 Å². The zero-order valence-corrected chi connectivity index (χ0v) is 15.8. The fourth-order valence-electron chi connectivity index (χ4n) is 3.52. The topological polar surface area (TPSA) is 38.5 Å². The van der Waals surface area contributed by atoms with Gasteiger partial charge in [0.15, 0.2) is 0 Å². The second-order valence-corrected chi connectivity index (χ2v) is 7.64. The molecule has 26 heavy (non-hydrogen) atoms. The van der Waals surface area contributed by atoms with Crippen LogP contribution >= 0.6 is 0 Å². The van der Waals surface area contributed by atoms with Crippen LogP contribution in [0.3, 0.4) is 0 Å². The van der Waals surface area contributed by atoms with Crippen molar-refractivity contribution in [3.05, 3.63) is 46.7 Å². The highest BCUT2D eigenvalue weighted by Gasteiger charge is 2.21. The molecule has 4 nitrogen and oxygen atoms in total. The van der Waals surface area contributed by atoms with Gasteiger partial charge in [0.1, 0.15) is 5.75 Å². The zero-order chi connectivity index (χ0) is 17.9. The molecule has 0 atom stereocenters. The van der Waals surface area contributed by atoms with E-state index in [-0.39, 0.29) is 0 Å². The van der Waals surface area contributed by atoms with E-state index < -0.39 is 0 Å². The number of hydrogen-bond donors (Lipinski definition) is 0. The van der Waals surface area contributed by atoms with Crippen LogP contribution in [-0.2, 0) is 0 Å². The summed E-state index contributed by atoms with van der Waals surface area (Å²) in [6.07, 6.45) is 8.42. The first-order chi connectivity index (χ1) is 12.7. The summed E-state index contributed by atoms with van der Waals surface area (Å²) in [6.45, 7) is 6.89. The number of rotatable bonds is 6. The van der Waals surface area contributed by atoms with Crippen molar-refractivity contribution < 1.29 is 9.26 Å². The van der Waals surface area contributed by atoms with Crippen molar-refractivity contribution in [1.29, 1.82) is 0 Å². The summed E-state index contributed by atoms with van der Waals surface area (Å²) in [5, 5.41) is 4.08. The molecule has 0 N–H and O–H groups in total. The minimum Gasteiger partial charge on any atom is -0.494 e. The molecular weight excluding hydrogens is 324 g/mol. The molecular formula is C22H28N2O2. The quantitative estimate of drug-likeness (QED) is 0.720. The number of piperidine rings is 1. The van der Waals surface area contributed by atoms with Crippen molar-refractivity contribution in [2.24, 2.45) is 5.92 Å². The van der Waals surface area contributed by atoms with Crippen molar-refractivity contribution in [2.45, 2.75) is 46.0 Å². The third kappa shape index (κ3) is 4.12. The van der Waals surface area contributed by atoms with Crippen LogP contribution in [0.4, 0.5) is 5.88 Å². The highest BCUT2D eigenvalue weighted by molar-refractivity contribution is 5.56. The van der Waals surface area contributed by atoms with E-state index >= 15 is 0 Å². The average Bonchev–Trinajstić information content (AvgIpc) is 3.41. The molecule has 0 radical (unpaired) electrons. The van der Waals surface area contributed by atoms with Gasteiger partial charge in [0, 0.05) is 18.7 Å². The predicted octanol–water partition coefficient (Wildman–Crippen LogP) is 5.15. The van der Waals surface area contributed by atoms with Gasteiger partial charge in [-0.15, -0.1) is 0 Å². The summed E-state index contributed by atoms with van der Waals surface area (Å²) in [4.78, 5) is 2.31.